The number of hydrogen-bond acceptors (Lipinski definition) is 3. The second kappa shape index (κ2) is 13.2. The van der Waals surface area contributed by atoms with Gasteiger partial charge >= 0.3 is 0 Å². The van der Waals surface area contributed by atoms with Gasteiger partial charge in [0.15, 0.2) is 5.96 Å². The predicted octanol–water partition coefficient (Wildman–Crippen LogP) is 4.33. The molecule has 1 saturated heterocycles. The number of aryl methyl sites for hydroxylation is 2. The van der Waals surface area contributed by atoms with Crippen LogP contribution in [0, 0.1) is 13.8 Å². The number of hydrogen-bond donors (Lipinski definition) is 2. The highest BCUT2D eigenvalue weighted by molar-refractivity contribution is 14.0. The lowest BCUT2D eigenvalue weighted by atomic mass is 10.1. The average molecular weight is 553 g/mol. The number of likely N-dealkylation sites (tertiary alicyclic amines) is 1. The van der Waals surface area contributed by atoms with Crippen LogP contribution >= 0.6 is 24.0 Å². The number of nitrogens with one attached hydrogen (secondary N) is 2. The largest absolute Gasteiger partial charge is 0.354 e. The Hall–Kier alpha value is -1.61. The lowest BCUT2D eigenvalue weighted by Crippen LogP contribution is -2.42. The molecule has 3 rings (SSSR count). The molecule has 1 aliphatic heterocycles. The Kier molecular flexibility index (Phi) is 11.0. The summed E-state index contributed by atoms with van der Waals surface area (Å²) in [5, 5.41) is 11.5. The third-order valence-corrected chi connectivity index (χ3v) is 6.33. The number of aromatic nitrogens is 2. The number of aliphatic imine (C=N–C) groups is 1. The second-order valence-corrected chi connectivity index (χ2v) is 8.96. The summed E-state index contributed by atoms with van der Waals surface area (Å²) in [4.78, 5) is 7.03. The highest BCUT2D eigenvalue weighted by Crippen LogP contribution is 2.15. The Morgan fingerprint density at radius 2 is 1.81 bits per heavy atom. The van der Waals surface area contributed by atoms with Crippen molar-refractivity contribution in [3.63, 3.8) is 0 Å². The first-order valence-electron chi connectivity index (χ1n) is 11.7. The highest BCUT2D eigenvalue weighted by Gasteiger charge is 2.14. The molecule has 1 aromatic heterocycles. The smallest absolute Gasteiger partial charge is 0.191 e. The summed E-state index contributed by atoms with van der Waals surface area (Å²) in [6.07, 6.45) is 6.35. The van der Waals surface area contributed by atoms with E-state index in [9.17, 15) is 0 Å². The van der Waals surface area contributed by atoms with Crippen LogP contribution in [0.4, 0.5) is 0 Å². The molecular weight excluding hydrogens is 511 g/mol. The minimum Gasteiger partial charge on any atom is -0.354 e. The van der Waals surface area contributed by atoms with E-state index in [1.54, 1.807) is 0 Å². The molecule has 7 heteroatoms. The molecule has 0 bridgehead atoms. The number of halogens is 1. The van der Waals surface area contributed by atoms with Crippen molar-refractivity contribution < 1.29 is 0 Å². The molecule has 1 aliphatic rings. The van der Waals surface area contributed by atoms with Crippen molar-refractivity contribution in [2.45, 2.75) is 72.0 Å². The lowest BCUT2D eigenvalue weighted by molar-refractivity contribution is 0.277. The Bertz CT molecular complexity index is 867. The van der Waals surface area contributed by atoms with Gasteiger partial charge in [0.1, 0.15) is 0 Å². The van der Waals surface area contributed by atoms with Gasteiger partial charge < -0.3 is 10.6 Å². The molecule has 0 radical (unpaired) electrons. The minimum atomic E-state index is 0. The zero-order valence-corrected chi connectivity index (χ0v) is 22.8. The number of guanidine groups is 1. The molecule has 0 spiro atoms. The predicted molar refractivity (Wildman–Crippen MR) is 145 cm³/mol. The van der Waals surface area contributed by atoms with E-state index in [0.717, 1.165) is 31.2 Å². The van der Waals surface area contributed by atoms with Gasteiger partial charge in [0.05, 0.1) is 5.69 Å². The van der Waals surface area contributed by atoms with E-state index in [4.69, 9.17) is 0 Å². The van der Waals surface area contributed by atoms with Gasteiger partial charge in [0.25, 0.3) is 0 Å². The van der Waals surface area contributed by atoms with Crippen LogP contribution in [0.2, 0.25) is 0 Å². The van der Waals surface area contributed by atoms with E-state index in [1.165, 1.54) is 61.2 Å². The van der Waals surface area contributed by atoms with E-state index in [1.807, 2.05) is 18.8 Å². The van der Waals surface area contributed by atoms with Gasteiger partial charge in [-0.3, -0.25) is 14.6 Å². The number of rotatable bonds is 7. The summed E-state index contributed by atoms with van der Waals surface area (Å²) >= 11 is 0. The van der Waals surface area contributed by atoms with Crippen molar-refractivity contribution >= 4 is 29.9 Å². The van der Waals surface area contributed by atoms with Crippen LogP contribution in [0.25, 0.3) is 0 Å². The Morgan fingerprint density at radius 3 is 2.44 bits per heavy atom. The highest BCUT2D eigenvalue weighted by atomic mass is 127. The SMILES string of the molecule is CN=C(NCc1cccc(CN2CCCCCC2)c1)NC(C)Cc1c(C)nn(C)c1C.I. The molecule has 32 heavy (non-hydrogen) atoms. The fourth-order valence-corrected chi connectivity index (χ4v) is 4.47. The Balaban J connectivity index is 0.00000363. The zero-order valence-electron chi connectivity index (χ0n) is 20.4. The minimum absolute atomic E-state index is 0. The molecule has 2 N–H and O–H groups in total. The topological polar surface area (TPSA) is 57.5 Å². The van der Waals surface area contributed by atoms with Gasteiger partial charge in [-0.2, -0.15) is 5.10 Å². The van der Waals surface area contributed by atoms with Crippen LogP contribution < -0.4 is 10.6 Å². The molecule has 1 fully saturated rings. The summed E-state index contributed by atoms with van der Waals surface area (Å²) in [5.74, 6) is 0.838. The van der Waals surface area contributed by atoms with Crippen LogP contribution in [0.15, 0.2) is 29.3 Å². The fourth-order valence-electron chi connectivity index (χ4n) is 4.47. The van der Waals surface area contributed by atoms with Crippen molar-refractivity contribution in [1.29, 1.82) is 0 Å². The summed E-state index contributed by atoms with van der Waals surface area (Å²) in [6, 6.07) is 9.22. The number of nitrogens with zero attached hydrogens (tertiary/aromatic N) is 4. The van der Waals surface area contributed by atoms with E-state index >= 15 is 0 Å². The molecule has 0 saturated carbocycles. The van der Waals surface area contributed by atoms with Gasteiger partial charge in [-0.25, -0.2) is 0 Å². The van der Waals surface area contributed by atoms with Gasteiger partial charge in [-0.1, -0.05) is 37.1 Å². The molecule has 2 heterocycles. The molecule has 0 amide bonds. The standard InChI is InChI=1S/C25H40N6.HI/c1-19(15-24-20(2)29-30(5)21(24)3)28-25(26-4)27-17-22-11-10-12-23(16-22)18-31-13-8-6-7-9-14-31;/h10-12,16,19H,6-9,13-15,17-18H2,1-5H3,(H2,26,27,28);1H. The van der Waals surface area contributed by atoms with E-state index in [0.29, 0.717) is 0 Å². The van der Waals surface area contributed by atoms with Crippen LogP contribution in [-0.4, -0.2) is 46.8 Å². The van der Waals surface area contributed by atoms with Crippen LogP contribution in [-0.2, 0) is 26.6 Å². The van der Waals surface area contributed by atoms with Gasteiger partial charge in [0.2, 0.25) is 0 Å². The second-order valence-electron chi connectivity index (χ2n) is 8.96. The third-order valence-electron chi connectivity index (χ3n) is 6.33. The van der Waals surface area contributed by atoms with E-state index in [2.05, 4.69) is 70.7 Å². The van der Waals surface area contributed by atoms with Crippen LogP contribution in [0.1, 0.15) is 60.7 Å². The third kappa shape index (κ3) is 7.76. The van der Waals surface area contributed by atoms with Gasteiger partial charge in [-0.15, -0.1) is 24.0 Å². The molecular formula is C25H41IN6. The quantitative estimate of drug-likeness (QED) is 0.305. The molecule has 0 aliphatic carbocycles. The van der Waals surface area contributed by atoms with E-state index < -0.39 is 0 Å². The summed E-state index contributed by atoms with van der Waals surface area (Å²) in [6.45, 7) is 10.7. The maximum absolute atomic E-state index is 4.53. The Morgan fingerprint density at radius 1 is 1.12 bits per heavy atom. The van der Waals surface area contributed by atoms with E-state index in [-0.39, 0.29) is 30.0 Å². The van der Waals surface area contributed by atoms with Crippen LogP contribution in [0.3, 0.4) is 0 Å². The van der Waals surface area contributed by atoms with Gasteiger partial charge in [-0.05, 0) is 69.8 Å². The van der Waals surface area contributed by atoms with Crippen molar-refractivity contribution in [2.75, 3.05) is 20.1 Å². The molecule has 178 valence electrons. The molecule has 6 nitrogen and oxygen atoms in total. The molecule has 1 aromatic carbocycles. The van der Waals surface area contributed by atoms with Crippen molar-refractivity contribution in [3.8, 4) is 0 Å². The molecule has 1 atom stereocenters. The zero-order chi connectivity index (χ0) is 22.2. The van der Waals surface area contributed by atoms with Crippen molar-refractivity contribution in [2.24, 2.45) is 12.0 Å². The molecule has 1 unspecified atom stereocenters. The monoisotopic (exact) mass is 552 g/mol. The normalized spacial score (nSPS) is 16.2. The van der Waals surface area contributed by atoms with Crippen molar-refractivity contribution in [3.05, 3.63) is 52.3 Å². The number of benzene rings is 1. The molecule has 2 aromatic rings. The first kappa shape index (κ1) is 26.6. The lowest BCUT2D eigenvalue weighted by Gasteiger charge is -2.20. The summed E-state index contributed by atoms with van der Waals surface area (Å²) in [7, 11) is 3.84. The first-order chi connectivity index (χ1) is 15.0. The maximum Gasteiger partial charge on any atom is 0.191 e. The fraction of sp³-hybridized carbons (Fsp3) is 0.600. The maximum atomic E-state index is 4.53. The average Bonchev–Trinajstić information content (AvgIpc) is 2.94. The summed E-state index contributed by atoms with van der Waals surface area (Å²) < 4.78 is 1.96. The summed E-state index contributed by atoms with van der Waals surface area (Å²) in [5.41, 5.74) is 6.36. The van der Waals surface area contributed by atoms with Crippen molar-refractivity contribution in [1.82, 2.24) is 25.3 Å². The van der Waals surface area contributed by atoms with Crippen LogP contribution in [0.5, 0.6) is 0 Å². The first-order valence-corrected chi connectivity index (χ1v) is 11.7. The Labute approximate surface area is 211 Å². The van der Waals surface area contributed by atoms with Gasteiger partial charge in [0, 0.05) is 38.9 Å².